The van der Waals surface area contributed by atoms with Crippen LogP contribution < -0.4 is 0 Å². The molecular weight excluding hydrogens is 839 g/mol. The molecule has 348 valence electrons. The van der Waals surface area contributed by atoms with E-state index in [4.69, 9.17) is 9.97 Å². The summed E-state index contributed by atoms with van der Waals surface area (Å²) in [5.41, 5.74) is 16.6. The highest BCUT2D eigenvalue weighted by Crippen LogP contribution is 2.47. The number of fused-ring (bicyclic) bond motifs is 1. The summed E-state index contributed by atoms with van der Waals surface area (Å²) in [6.45, 7) is 25.5. The fourth-order valence-corrected chi connectivity index (χ4v) is 9.25. The van der Waals surface area contributed by atoms with Crippen LogP contribution in [0, 0.1) is 5.41 Å². The van der Waals surface area contributed by atoms with Gasteiger partial charge in [-0.3, -0.25) is 9.55 Å². The lowest BCUT2D eigenvalue weighted by Gasteiger charge is -2.40. The Morgan fingerprint density at radius 1 is 0.507 bits per heavy atom. The Kier molecular flexibility index (Phi) is 11.7. The lowest BCUT2D eigenvalue weighted by Crippen LogP contribution is -2.34. The van der Waals surface area contributed by atoms with E-state index in [2.05, 4.69) is 199 Å². The largest absolute Gasteiger partial charge is 0.507 e. The molecule has 0 atom stereocenters. The number of aromatic hydroxyl groups is 1. The lowest BCUT2D eigenvalue weighted by atomic mass is 9.65. The van der Waals surface area contributed by atoms with Gasteiger partial charge in [0.1, 0.15) is 11.6 Å². The molecule has 0 radical (unpaired) electrons. The molecule has 4 nitrogen and oxygen atoms in total. The number of phenolic OH excluding ortho intramolecular Hbond substituents is 1. The molecule has 2 aromatic heterocycles. The second-order valence-corrected chi connectivity index (χ2v) is 21.8. The van der Waals surface area contributed by atoms with Gasteiger partial charge in [-0.05, 0) is 132 Å². The average molecular weight is 908 g/mol. The Morgan fingerprint density at radius 2 is 1.13 bits per heavy atom. The topological polar surface area (TPSA) is 50.9 Å². The number of imidazole rings is 1. The van der Waals surface area contributed by atoms with Crippen molar-refractivity contribution in [3.63, 3.8) is 0 Å². The zero-order valence-corrected chi connectivity index (χ0v) is 42.5. The monoisotopic (exact) mass is 908 g/mol. The number of para-hydroxylation sites is 1. The van der Waals surface area contributed by atoms with E-state index in [1.165, 1.54) is 16.7 Å². The van der Waals surface area contributed by atoms with Crippen molar-refractivity contribution in [2.45, 2.75) is 106 Å². The summed E-state index contributed by atoms with van der Waals surface area (Å²) < 4.78 is 20.7. The van der Waals surface area contributed by atoms with E-state index in [0.717, 1.165) is 66.9 Å². The quantitative estimate of drug-likeness (QED) is 0.149. The Hall–Kier alpha value is -7.04. The molecule has 0 saturated heterocycles. The fourth-order valence-electron chi connectivity index (χ4n) is 9.25. The van der Waals surface area contributed by atoms with Crippen LogP contribution in [0.15, 0.2) is 170 Å². The smallest absolute Gasteiger partial charge is 0.149 e. The van der Waals surface area contributed by atoms with Gasteiger partial charge in [0, 0.05) is 25.6 Å². The fraction of sp³-hybridized carbons (Fsp3) is 0.262. The average Bonchev–Trinajstić information content (AvgIpc) is 3.72. The predicted molar refractivity (Wildman–Crippen MR) is 293 cm³/mol. The first-order valence-corrected chi connectivity index (χ1v) is 24.3. The standard InChI is InChI=1S/C65H67N3O/c1-41(2)48-37-54(42(3)4)61(69)56(38-48)62-67-60-53(24-19-25-59(60)68(62)58-31-30-51(65(11,12)64(8,9)10)40-55(58)46-22-17-14-18-23-46)49-34-50(36-52(35-49)63(5,6)7)57-39-47(32-33-66-57)45-28-26-44(27-29-45)43-20-15-13-16-21-43/h13-42,69H,1-12H3/i41D,42D. The van der Waals surface area contributed by atoms with Gasteiger partial charge in [0.25, 0.3) is 0 Å². The van der Waals surface area contributed by atoms with E-state index >= 15 is 0 Å². The van der Waals surface area contributed by atoms with Gasteiger partial charge in [-0.1, -0.05) is 198 Å². The molecule has 0 spiro atoms. The third-order valence-corrected chi connectivity index (χ3v) is 14.6. The number of aromatic nitrogens is 3. The number of benzene rings is 7. The first kappa shape index (κ1) is 44.5. The molecule has 0 unspecified atom stereocenters. The van der Waals surface area contributed by atoms with Crippen molar-refractivity contribution >= 4 is 11.0 Å². The van der Waals surface area contributed by atoms with Crippen molar-refractivity contribution < 1.29 is 7.85 Å². The summed E-state index contributed by atoms with van der Waals surface area (Å²) >= 11 is 0. The number of pyridine rings is 1. The third-order valence-electron chi connectivity index (χ3n) is 14.6. The number of phenols is 1. The van der Waals surface area contributed by atoms with Crippen LogP contribution in [-0.4, -0.2) is 19.6 Å². The molecule has 7 aromatic carbocycles. The molecule has 9 rings (SSSR count). The van der Waals surface area contributed by atoms with E-state index in [-0.39, 0.29) is 22.0 Å². The second kappa shape index (κ2) is 18.1. The van der Waals surface area contributed by atoms with Crippen LogP contribution in [0.3, 0.4) is 0 Å². The van der Waals surface area contributed by atoms with Crippen molar-refractivity contribution in [3.05, 3.63) is 192 Å². The van der Waals surface area contributed by atoms with Crippen molar-refractivity contribution in [1.82, 2.24) is 14.5 Å². The molecular formula is C65H67N3O. The predicted octanol–water partition coefficient (Wildman–Crippen LogP) is 18.0. The Labute approximate surface area is 413 Å². The first-order valence-electron chi connectivity index (χ1n) is 25.3. The van der Waals surface area contributed by atoms with Crippen LogP contribution in [-0.2, 0) is 10.8 Å². The van der Waals surface area contributed by atoms with Gasteiger partial charge in [0.2, 0.25) is 0 Å². The molecule has 9 aromatic rings. The molecule has 0 amide bonds. The summed E-state index contributed by atoms with van der Waals surface area (Å²) in [6, 6.07) is 57.6. The summed E-state index contributed by atoms with van der Waals surface area (Å²) in [5.74, 6) is -1.68. The highest BCUT2D eigenvalue weighted by Gasteiger charge is 2.35. The molecule has 1 N–H and O–H groups in total. The van der Waals surface area contributed by atoms with Gasteiger partial charge in [-0.15, -0.1) is 0 Å². The highest BCUT2D eigenvalue weighted by atomic mass is 16.3. The van der Waals surface area contributed by atoms with Gasteiger partial charge in [-0.2, -0.15) is 0 Å². The summed E-state index contributed by atoms with van der Waals surface area (Å²) in [4.78, 5) is 10.6. The molecule has 69 heavy (non-hydrogen) atoms. The number of hydrogen-bond donors (Lipinski definition) is 1. The zero-order valence-electron chi connectivity index (χ0n) is 44.5. The van der Waals surface area contributed by atoms with E-state index in [0.29, 0.717) is 22.5 Å². The maximum atomic E-state index is 12.5. The van der Waals surface area contributed by atoms with E-state index in [9.17, 15) is 7.85 Å². The molecule has 0 aliphatic heterocycles. The van der Waals surface area contributed by atoms with Gasteiger partial charge in [-0.25, -0.2) is 4.98 Å². The molecule has 0 aliphatic rings. The minimum Gasteiger partial charge on any atom is -0.507 e. The minimum atomic E-state index is -1.17. The van der Waals surface area contributed by atoms with E-state index < -0.39 is 11.8 Å². The van der Waals surface area contributed by atoms with E-state index in [1.807, 2.05) is 44.3 Å². The number of rotatable bonds is 10. The molecule has 0 bridgehead atoms. The van der Waals surface area contributed by atoms with Crippen LogP contribution in [0.25, 0.3) is 83.9 Å². The normalized spacial score (nSPS) is 13.1. The summed E-state index contributed by atoms with van der Waals surface area (Å²) in [6.07, 6.45) is 1.90. The lowest BCUT2D eigenvalue weighted by molar-refractivity contribution is 0.225. The maximum Gasteiger partial charge on any atom is 0.149 e. The summed E-state index contributed by atoms with van der Waals surface area (Å²) in [5, 5.41) is 12.5. The third kappa shape index (κ3) is 9.06. The minimum absolute atomic E-state index is 0.0134. The van der Waals surface area contributed by atoms with Crippen molar-refractivity contribution in [3.8, 4) is 78.6 Å². The van der Waals surface area contributed by atoms with Crippen molar-refractivity contribution in [1.29, 1.82) is 0 Å². The number of nitrogens with zero attached hydrogens (tertiary/aromatic N) is 3. The second-order valence-electron chi connectivity index (χ2n) is 21.8. The van der Waals surface area contributed by atoms with Crippen LogP contribution in [0.2, 0.25) is 0 Å². The van der Waals surface area contributed by atoms with Crippen LogP contribution in [0.1, 0.15) is 120 Å². The maximum absolute atomic E-state index is 12.5. The zero-order chi connectivity index (χ0) is 50.8. The van der Waals surface area contributed by atoms with E-state index in [1.54, 1.807) is 13.8 Å². The molecule has 2 heterocycles. The van der Waals surface area contributed by atoms with Gasteiger partial charge < -0.3 is 5.11 Å². The molecule has 0 saturated carbocycles. The molecule has 4 heteroatoms. The summed E-state index contributed by atoms with van der Waals surface area (Å²) in [7, 11) is 0. The Balaban J connectivity index is 1.31. The highest BCUT2D eigenvalue weighted by molar-refractivity contribution is 5.98. The van der Waals surface area contributed by atoms with Crippen LogP contribution in [0.5, 0.6) is 5.75 Å². The Bertz CT molecular complexity index is 3410. The number of hydrogen-bond acceptors (Lipinski definition) is 3. The van der Waals surface area contributed by atoms with Crippen LogP contribution >= 0.6 is 0 Å². The van der Waals surface area contributed by atoms with Crippen LogP contribution in [0.4, 0.5) is 0 Å². The van der Waals surface area contributed by atoms with Crippen molar-refractivity contribution in [2.75, 3.05) is 0 Å². The van der Waals surface area contributed by atoms with Gasteiger partial charge in [0.15, 0.2) is 0 Å². The van der Waals surface area contributed by atoms with Crippen molar-refractivity contribution in [2.24, 2.45) is 5.41 Å². The Morgan fingerprint density at radius 3 is 1.75 bits per heavy atom. The SMILES string of the molecule is [2H]C(C)(C)c1cc(-c2nc3c(-c4cc(-c5cc(-c6ccc(-c7ccccc7)cc6)ccn5)cc(C(C)(C)C)c4)cccc3n2-c2ccc(C(C)(C)C(C)(C)C)cc2-c2ccccc2)c(O)c(C([2H])(C)C)c1. The van der Waals surface area contributed by atoms with Gasteiger partial charge in [0.05, 0.1) is 28.0 Å². The molecule has 0 fully saturated rings. The van der Waals surface area contributed by atoms with Gasteiger partial charge >= 0.3 is 0 Å². The molecule has 0 aliphatic carbocycles. The first-order chi connectivity index (χ1) is 33.4.